The molecule has 4 nitrogen and oxygen atoms in total. The summed E-state index contributed by atoms with van der Waals surface area (Å²) in [6.07, 6.45) is 5.74. The molecule has 1 heterocycles. The van der Waals surface area contributed by atoms with E-state index in [2.05, 4.69) is 24.1 Å². The van der Waals surface area contributed by atoms with Crippen LogP contribution in [0.25, 0.3) is 0 Å². The third-order valence-electron chi connectivity index (χ3n) is 4.51. The Morgan fingerprint density at radius 2 is 2.20 bits per heavy atom. The number of esters is 1. The van der Waals surface area contributed by atoms with E-state index < -0.39 is 5.54 Å². The summed E-state index contributed by atoms with van der Waals surface area (Å²) >= 11 is 0. The van der Waals surface area contributed by atoms with Gasteiger partial charge in [-0.1, -0.05) is 20.3 Å². The molecular weight excluding hydrogens is 252 g/mol. The second-order valence-electron chi connectivity index (χ2n) is 6.22. The van der Waals surface area contributed by atoms with E-state index in [1.807, 2.05) is 6.92 Å². The molecule has 0 spiro atoms. The van der Waals surface area contributed by atoms with Gasteiger partial charge in [0.1, 0.15) is 5.54 Å². The van der Waals surface area contributed by atoms with Gasteiger partial charge in [0.25, 0.3) is 0 Å². The standard InChI is InChI=1S/C16H32N2O2/c1-5-10-17-16(3,15(19)20-4)9-12-18-11-7-8-14(6-2)13-18/h14,17H,5-13H2,1-4H3. The first-order chi connectivity index (χ1) is 9.55. The van der Waals surface area contributed by atoms with Crippen LogP contribution in [0.3, 0.4) is 0 Å². The fourth-order valence-corrected chi connectivity index (χ4v) is 2.96. The molecule has 4 heteroatoms. The van der Waals surface area contributed by atoms with Crippen LogP contribution in [0.5, 0.6) is 0 Å². The lowest BCUT2D eigenvalue weighted by Gasteiger charge is -2.35. The van der Waals surface area contributed by atoms with E-state index in [0.717, 1.165) is 31.8 Å². The lowest BCUT2D eigenvalue weighted by Crippen LogP contribution is -2.52. The van der Waals surface area contributed by atoms with Crippen molar-refractivity contribution in [1.82, 2.24) is 10.2 Å². The molecule has 1 saturated heterocycles. The van der Waals surface area contributed by atoms with Crippen molar-refractivity contribution in [3.05, 3.63) is 0 Å². The highest BCUT2D eigenvalue weighted by Crippen LogP contribution is 2.21. The number of nitrogens with zero attached hydrogens (tertiary/aromatic N) is 1. The summed E-state index contributed by atoms with van der Waals surface area (Å²) in [5.74, 6) is 0.687. The summed E-state index contributed by atoms with van der Waals surface area (Å²) in [5.41, 5.74) is -0.552. The first kappa shape index (κ1) is 17.4. The van der Waals surface area contributed by atoms with Gasteiger partial charge in [0.05, 0.1) is 7.11 Å². The SMILES string of the molecule is CCCNC(C)(CCN1CCCC(CC)C1)C(=O)OC. The van der Waals surface area contributed by atoms with E-state index in [1.54, 1.807) is 0 Å². The molecule has 1 N–H and O–H groups in total. The van der Waals surface area contributed by atoms with Crippen molar-refractivity contribution in [2.45, 2.75) is 58.4 Å². The fourth-order valence-electron chi connectivity index (χ4n) is 2.96. The Morgan fingerprint density at radius 1 is 1.45 bits per heavy atom. The van der Waals surface area contributed by atoms with Gasteiger partial charge < -0.3 is 15.0 Å². The van der Waals surface area contributed by atoms with E-state index in [-0.39, 0.29) is 5.97 Å². The first-order valence-electron chi connectivity index (χ1n) is 8.11. The van der Waals surface area contributed by atoms with Crippen molar-refractivity contribution in [3.8, 4) is 0 Å². The van der Waals surface area contributed by atoms with Crippen LogP contribution < -0.4 is 5.32 Å². The smallest absolute Gasteiger partial charge is 0.325 e. The third kappa shape index (κ3) is 5.06. The third-order valence-corrected chi connectivity index (χ3v) is 4.51. The average molecular weight is 284 g/mol. The van der Waals surface area contributed by atoms with Gasteiger partial charge in [-0.25, -0.2) is 0 Å². The Morgan fingerprint density at radius 3 is 2.80 bits per heavy atom. The first-order valence-corrected chi connectivity index (χ1v) is 8.11. The normalized spacial score (nSPS) is 23.3. The number of hydrogen-bond donors (Lipinski definition) is 1. The molecule has 0 bridgehead atoms. The summed E-state index contributed by atoms with van der Waals surface area (Å²) < 4.78 is 4.97. The lowest BCUT2D eigenvalue weighted by atomic mass is 9.93. The van der Waals surface area contributed by atoms with Crippen molar-refractivity contribution < 1.29 is 9.53 Å². The summed E-state index contributed by atoms with van der Waals surface area (Å²) in [7, 11) is 1.47. The van der Waals surface area contributed by atoms with Crippen LogP contribution in [0.15, 0.2) is 0 Å². The molecule has 2 unspecified atom stereocenters. The van der Waals surface area contributed by atoms with Crippen LogP contribution in [0, 0.1) is 5.92 Å². The molecule has 118 valence electrons. The van der Waals surface area contributed by atoms with E-state index in [1.165, 1.54) is 39.5 Å². The zero-order valence-corrected chi connectivity index (χ0v) is 13.7. The molecular formula is C16H32N2O2. The summed E-state index contributed by atoms with van der Waals surface area (Å²) in [5, 5.41) is 3.36. The quantitative estimate of drug-likeness (QED) is 0.695. The van der Waals surface area contributed by atoms with Crippen LogP contribution in [-0.4, -0.2) is 49.7 Å². The predicted octanol–water partition coefficient (Wildman–Crippen LogP) is 2.43. The lowest BCUT2D eigenvalue weighted by molar-refractivity contribution is -0.148. The molecule has 0 amide bonds. The largest absolute Gasteiger partial charge is 0.468 e. The summed E-state index contributed by atoms with van der Waals surface area (Å²) in [4.78, 5) is 14.5. The van der Waals surface area contributed by atoms with Crippen molar-refractivity contribution >= 4 is 5.97 Å². The molecule has 0 aromatic carbocycles. The van der Waals surface area contributed by atoms with Crippen molar-refractivity contribution in [2.75, 3.05) is 33.3 Å². The molecule has 0 saturated carbocycles. The van der Waals surface area contributed by atoms with Crippen LogP contribution in [0.2, 0.25) is 0 Å². The number of carbonyl (C=O) groups is 1. The van der Waals surface area contributed by atoms with Crippen LogP contribution >= 0.6 is 0 Å². The zero-order valence-electron chi connectivity index (χ0n) is 13.7. The summed E-state index contributed by atoms with van der Waals surface area (Å²) in [6.45, 7) is 10.5. The Hall–Kier alpha value is -0.610. The Kier molecular flexibility index (Phi) is 7.52. The van der Waals surface area contributed by atoms with Gasteiger partial charge in [-0.05, 0) is 51.6 Å². The molecule has 1 rings (SSSR count). The van der Waals surface area contributed by atoms with Crippen molar-refractivity contribution in [3.63, 3.8) is 0 Å². The minimum atomic E-state index is -0.552. The second-order valence-corrected chi connectivity index (χ2v) is 6.22. The number of rotatable bonds is 8. The number of ether oxygens (including phenoxy) is 1. The minimum Gasteiger partial charge on any atom is -0.468 e. The Bertz CT molecular complexity index is 296. The number of likely N-dealkylation sites (tertiary alicyclic amines) is 1. The van der Waals surface area contributed by atoms with Gasteiger partial charge in [0.2, 0.25) is 0 Å². The molecule has 0 aromatic heterocycles. The minimum absolute atomic E-state index is 0.144. The molecule has 2 atom stereocenters. The zero-order chi connectivity index (χ0) is 15.0. The highest BCUT2D eigenvalue weighted by Gasteiger charge is 2.34. The maximum atomic E-state index is 12.0. The topological polar surface area (TPSA) is 41.6 Å². The highest BCUT2D eigenvalue weighted by molar-refractivity contribution is 5.80. The maximum absolute atomic E-state index is 12.0. The van der Waals surface area contributed by atoms with Gasteiger partial charge in [-0.15, -0.1) is 0 Å². The molecule has 1 fully saturated rings. The van der Waals surface area contributed by atoms with E-state index in [0.29, 0.717) is 0 Å². The number of piperidine rings is 1. The van der Waals surface area contributed by atoms with Gasteiger partial charge in [0, 0.05) is 13.1 Å². The molecule has 20 heavy (non-hydrogen) atoms. The monoisotopic (exact) mass is 284 g/mol. The maximum Gasteiger partial charge on any atom is 0.325 e. The van der Waals surface area contributed by atoms with Crippen molar-refractivity contribution in [1.29, 1.82) is 0 Å². The molecule has 0 aliphatic carbocycles. The Balaban J connectivity index is 2.50. The van der Waals surface area contributed by atoms with Crippen molar-refractivity contribution in [2.24, 2.45) is 5.92 Å². The highest BCUT2D eigenvalue weighted by atomic mass is 16.5. The number of carbonyl (C=O) groups excluding carboxylic acids is 1. The van der Waals surface area contributed by atoms with Crippen LogP contribution in [0.4, 0.5) is 0 Å². The van der Waals surface area contributed by atoms with E-state index in [9.17, 15) is 4.79 Å². The Labute approximate surface area is 124 Å². The van der Waals surface area contributed by atoms with Crippen LogP contribution in [0.1, 0.15) is 52.9 Å². The number of hydrogen-bond acceptors (Lipinski definition) is 4. The predicted molar refractivity (Wildman–Crippen MR) is 82.8 cm³/mol. The second kappa shape index (κ2) is 8.63. The number of methoxy groups -OCH3 is 1. The average Bonchev–Trinajstić information content (AvgIpc) is 2.50. The fraction of sp³-hybridized carbons (Fsp3) is 0.938. The molecule has 0 radical (unpaired) electrons. The van der Waals surface area contributed by atoms with Crippen LogP contribution in [-0.2, 0) is 9.53 Å². The van der Waals surface area contributed by atoms with E-state index in [4.69, 9.17) is 4.74 Å². The molecule has 0 aromatic rings. The van der Waals surface area contributed by atoms with Gasteiger partial charge in [-0.2, -0.15) is 0 Å². The molecule has 1 aliphatic heterocycles. The van der Waals surface area contributed by atoms with Gasteiger partial charge >= 0.3 is 5.97 Å². The number of nitrogens with one attached hydrogen (secondary N) is 1. The summed E-state index contributed by atoms with van der Waals surface area (Å²) in [6, 6.07) is 0. The van der Waals surface area contributed by atoms with Gasteiger partial charge in [-0.3, -0.25) is 4.79 Å². The van der Waals surface area contributed by atoms with E-state index >= 15 is 0 Å². The molecule has 1 aliphatic rings. The van der Waals surface area contributed by atoms with Gasteiger partial charge in [0.15, 0.2) is 0 Å².